The van der Waals surface area contributed by atoms with Crippen LogP contribution >= 0.6 is 23.2 Å². The summed E-state index contributed by atoms with van der Waals surface area (Å²) in [5, 5.41) is 1.08. The van der Waals surface area contributed by atoms with Crippen LogP contribution in [0.1, 0.15) is 27.0 Å². The molecule has 0 bridgehead atoms. The first-order chi connectivity index (χ1) is 9.54. The van der Waals surface area contributed by atoms with Crippen LogP contribution in [0.15, 0.2) is 36.4 Å². The van der Waals surface area contributed by atoms with Gasteiger partial charge in [-0.05, 0) is 42.8 Å². The molecular weight excluding hydrogens is 295 g/mol. The summed E-state index contributed by atoms with van der Waals surface area (Å²) in [5.41, 5.74) is 3.19. The van der Waals surface area contributed by atoms with Gasteiger partial charge in [-0.1, -0.05) is 40.9 Å². The van der Waals surface area contributed by atoms with Gasteiger partial charge in [-0.3, -0.25) is 0 Å². The zero-order valence-electron chi connectivity index (χ0n) is 10.6. The fourth-order valence-corrected chi connectivity index (χ4v) is 2.58. The van der Waals surface area contributed by atoms with Gasteiger partial charge in [-0.15, -0.1) is 0 Å². The maximum Gasteiger partial charge on any atom is 0.344 e. The maximum atomic E-state index is 11.8. The molecule has 1 aliphatic heterocycles. The van der Waals surface area contributed by atoms with Gasteiger partial charge >= 0.3 is 5.97 Å². The Morgan fingerprint density at radius 3 is 2.60 bits per heavy atom. The molecule has 0 aliphatic carbocycles. The van der Waals surface area contributed by atoms with Crippen molar-refractivity contribution in [2.24, 2.45) is 0 Å². The highest BCUT2D eigenvalue weighted by molar-refractivity contribution is 6.35. The molecule has 0 saturated heterocycles. The molecule has 2 aromatic carbocycles. The van der Waals surface area contributed by atoms with Crippen LogP contribution < -0.4 is 0 Å². The number of halogens is 2. The molecule has 4 heteroatoms. The predicted octanol–water partition coefficient (Wildman–Crippen LogP) is 4.97. The summed E-state index contributed by atoms with van der Waals surface area (Å²) in [6.07, 6.45) is 1.75. The summed E-state index contributed by atoms with van der Waals surface area (Å²) in [6.45, 7) is 1.97. The lowest BCUT2D eigenvalue weighted by molar-refractivity contribution is 0.0717. The lowest BCUT2D eigenvalue weighted by Crippen LogP contribution is -1.92. The van der Waals surface area contributed by atoms with Crippen molar-refractivity contribution in [1.82, 2.24) is 0 Å². The van der Waals surface area contributed by atoms with Crippen LogP contribution in [-0.2, 0) is 4.74 Å². The molecule has 0 N–H and O–H groups in total. The third-order valence-electron chi connectivity index (χ3n) is 3.11. The molecular formula is C16H10Cl2O2. The van der Waals surface area contributed by atoms with Crippen molar-refractivity contribution in [1.29, 1.82) is 0 Å². The van der Waals surface area contributed by atoms with Crippen molar-refractivity contribution >= 4 is 41.0 Å². The van der Waals surface area contributed by atoms with Crippen molar-refractivity contribution in [3.05, 3.63) is 68.7 Å². The third-order valence-corrected chi connectivity index (χ3v) is 3.67. The molecule has 2 nitrogen and oxygen atoms in total. The number of rotatable bonds is 1. The highest BCUT2D eigenvalue weighted by Crippen LogP contribution is 2.33. The normalized spacial score (nSPS) is 15.3. The van der Waals surface area contributed by atoms with E-state index in [0.29, 0.717) is 21.4 Å². The molecule has 0 atom stereocenters. The largest absolute Gasteiger partial charge is 0.422 e. The standard InChI is InChI=1S/C16H10Cl2O2/c1-9-2-5-12-13(6-9)15(20-16(12)19)7-10-3-4-11(17)8-14(10)18/h2-8H,1H3/b15-7-. The van der Waals surface area contributed by atoms with E-state index >= 15 is 0 Å². The van der Waals surface area contributed by atoms with Crippen molar-refractivity contribution in [3.63, 3.8) is 0 Å². The molecule has 2 aromatic rings. The Balaban J connectivity index is 2.11. The number of cyclic esters (lactones) is 1. The Hall–Kier alpha value is -1.77. The molecule has 0 amide bonds. The van der Waals surface area contributed by atoms with Crippen LogP contribution in [-0.4, -0.2) is 5.97 Å². The number of ether oxygens (including phenoxy) is 1. The highest BCUT2D eigenvalue weighted by Gasteiger charge is 2.26. The van der Waals surface area contributed by atoms with Crippen LogP contribution in [0.5, 0.6) is 0 Å². The topological polar surface area (TPSA) is 26.3 Å². The van der Waals surface area contributed by atoms with E-state index in [2.05, 4.69) is 0 Å². The lowest BCUT2D eigenvalue weighted by Gasteiger charge is -2.02. The molecule has 1 aliphatic rings. The van der Waals surface area contributed by atoms with Crippen LogP contribution in [0.4, 0.5) is 0 Å². The van der Waals surface area contributed by atoms with Crippen LogP contribution in [0, 0.1) is 6.92 Å². The molecule has 0 fully saturated rings. The minimum atomic E-state index is -0.337. The molecule has 0 spiro atoms. The lowest BCUT2D eigenvalue weighted by atomic mass is 10.0. The van der Waals surface area contributed by atoms with Crippen molar-refractivity contribution in [3.8, 4) is 0 Å². The summed E-state index contributed by atoms with van der Waals surface area (Å²) in [6, 6.07) is 10.8. The number of hydrogen-bond acceptors (Lipinski definition) is 2. The summed E-state index contributed by atoms with van der Waals surface area (Å²) in [4.78, 5) is 11.8. The van der Waals surface area contributed by atoms with E-state index in [4.69, 9.17) is 27.9 Å². The Morgan fingerprint density at radius 1 is 1.05 bits per heavy atom. The predicted molar refractivity (Wildman–Crippen MR) is 80.9 cm³/mol. The van der Waals surface area contributed by atoms with Crippen LogP contribution in [0.3, 0.4) is 0 Å². The maximum absolute atomic E-state index is 11.8. The van der Waals surface area contributed by atoms with Gasteiger partial charge in [-0.25, -0.2) is 4.79 Å². The number of carbonyl (C=O) groups excluding carboxylic acids is 1. The van der Waals surface area contributed by atoms with E-state index in [9.17, 15) is 4.79 Å². The molecule has 0 unspecified atom stereocenters. The van der Waals surface area contributed by atoms with Gasteiger partial charge in [0.05, 0.1) is 5.56 Å². The van der Waals surface area contributed by atoms with Crippen LogP contribution in [0.2, 0.25) is 10.0 Å². The fraction of sp³-hybridized carbons (Fsp3) is 0.0625. The van der Waals surface area contributed by atoms with Gasteiger partial charge in [0.2, 0.25) is 0 Å². The molecule has 20 heavy (non-hydrogen) atoms. The van der Waals surface area contributed by atoms with E-state index in [1.165, 1.54) is 0 Å². The SMILES string of the molecule is Cc1ccc2c(c1)/C(=C/c1ccc(Cl)cc1Cl)OC2=O. The van der Waals surface area contributed by atoms with Crippen molar-refractivity contribution < 1.29 is 9.53 Å². The summed E-state index contributed by atoms with van der Waals surface area (Å²) in [7, 11) is 0. The van der Waals surface area contributed by atoms with Gasteiger partial charge in [0, 0.05) is 15.6 Å². The number of benzene rings is 2. The quantitative estimate of drug-likeness (QED) is 0.695. The Kier molecular flexibility index (Phi) is 3.28. The number of fused-ring (bicyclic) bond motifs is 1. The van der Waals surface area contributed by atoms with E-state index in [1.807, 2.05) is 19.1 Å². The first-order valence-corrected chi connectivity index (χ1v) is 6.80. The Bertz CT molecular complexity index is 748. The Labute approximate surface area is 126 Å². The third kappa shape index (κ3) is 2.33. The smallest absolute Gasteiger partial charge is 0.344 e. The van der Waals surface area contributed by atoms with E-state index in [-0.39, 0.29) is 5.97 Å². The Morgan fingerprint density at radius 2 is 1.85 bits per heavy atom. The molecule has 0 aromatic heterocycles. The summed E-state index contributed by atoms with van der Waals surface area (Å²) < 4.78 is 5.31. The molecule has 1 heterocycles. The van der Waals surface area contributed by atoms with E-state index in [1.54, 1.807) is 30.3 Å². The average Bonchev–Trinajstić information content (AvgIpc) is 2.69. The molecule has 100 valence electrons. The van der Waals surface area contributed by atoms with Gasteiger partial charge in [0.25, 0.3) is 0 Å². The zero-order valence-corrected chi connectivity index (χ0v) is 12.1. The summed E-state index contributed by atoms with van der Waals surface area (Å²) >= 11 is 12.0. The molecule has 3 rings (SSSR count). The summed E-state index contributed by atoms with van der Waals surface area (Å²) in [5.74, 6) is 0.175. The van der Waals surface area contributed by atoms with Gasteiger partial charge in [-0.2, -0.15) is 0 Å². The van der Waals surface area contributed by atoms with Gasteiger partial charge in [0.15, 0.2) is 0 Å². The number of carbonyl (C=O) groups is 1. The van der Waals surface area contributed by atoms with E-state index in [0.717, 1.165) is 16.7 Å². The second-order valence-electron chi connectivity index (χ2n) is 4.61. The monoisotopic (exact) mass is 304 g/mol. The van der Waals surface area contributed by atoms with Gasteiger partial charge < -0.3 is 4.74 Å². The minimum Gasteiger partial charge on any atom is -0.422 e. The number of esters is 1. The molecule has 0 saturated carbocycles. The molecule has 0 radical (unpaired) electrons. The zero-order chi connectivity index (χ0) is 14.3. The fourth-order valence-electron chi connectivity index (χ4n) is 2.12. The average molecular weight is 305 g/mol. The van der Waals surface area contributed by atoms with Crippen molar-refractivity contribution in [2.45, 2.75) is 6.92 Å². The first kappa shape index (κ1) is 13.2. The number of aryl methyl sites for hydroxylation is 1. The van der Waals surface area contributed by atoms with E-state index < -0.39 is 0 Å². The first-order valence-electron chi connectivity index (χ1n) is 6.04. The number of hydrogen-bond donors (Lipinski definition) is 0. The second kappa shape index (κ2) is 4.97. The minimum absolute atomic E-state index is 0.337. The second-order valence-corrected chi connectivity index (χ2v) is 5.46. The van der Waals surface area contributed by atoms with Crippen molar-refractivity contribution in [2.75, 3.05) is 0 Å². The van der Waals surface area contributed by atoms with Gasteiger partial charge in [0.1, 0.15) is 5.76 Å². The van der Waals surface area contributed by atoms with Crippen LogP contribution in [0.25, 0.3) is 11.8 Å². The highest BCUT2D eigenvalue weighted by atomic mass is 35.5.